The van der Waals surface area contributed by atoms with E-state index < -0.39 is 0 Å². The summed E-state index contributed by atoms with van der Waals surface area (Å²) in [6.07, 6.45) is 2.03. The van der Waals surface area contributed by atoms with Gasteiger partial charge in [0.25, 0.3) is 5.56 Å². The number of hydrogen-bond donors (Lipinski definition) is 1. The standard InChI is InChI=1S/C12H16N2OS2/c1-4-5-6-14-11(15)9-7(2)8(3)17-10(9)13-12(14)16/h4-6H2,1-3H3,(H,13,16). The van der Waals surface area contributed by atoms with Crippen molar-refractivity contribution in [3.8, 4) is 0 Å². The molecule has 0 unspecified atom stereocenters. The molecule has 0 saturated carbocycles. The second kappa shape index (κ2) is 4.74. The lowest BCUT2D eigenvalue weighted by Gasteiger charge is -2.05. The van der Waals surface area contributed by atoms with Gasteiger partial charge in [-0.2, -0.15) is 0 Å². The monoisotopic (exact) mass is 268 g/mol. The summed E-state index contributed by atoms with van der Waals surface area (Å²) in [6, 6.07) is 0. The maximum atomic E-state index is 12.4. The molecule has 5 heteroatoms. The van der Waals surface area contributed by atoms with Crippen molar-refractivity contribution in [1.82, 2.24) is 9.55 Å². The maximum absolute atomic E-state index is 12.4. The highest BCUT2D eigenvalue weighted by Gasteiger charge is 2.12. The van der Waals surface area contributed by atoms with Crippen LogP contribution in [0.25, 0.3) is 10.2 Å². The molecular formula is C12H16N2OS2. The lowest BCUT2D eigenvalue weighted by Crippen LogP contribution is -2.22. The highest BCUT2D eigenvalue weighted by Crippen LogP contribution is 2.25. The Kier molecular flexibility index (Phi) is 3.49. The van der Waals surface area contributed by atoms with Gasteiger partial charge in [0.1, 0.15) is 4.83 Å². The molecule has 0 atom stereocenters. The molecule has 0 radical (unpaired) electrons. The molecular weight excluding hydrogens is 252 g/mol. The number of fused-ring (bicyclic) bond motifs is 1. The van der Waals surface area contributed by atoms with Gasteiger partial charge < -0.3 is 4.98 Å². The fraction of sp³-hybridized carbons (Fsp3) is 0.500. The number of aryl methyl sites for hydroxylation is 2. The van der Waals surface area contributed by atoms with Gasteiger partial charge in [-0.3, -0.25) is 9.36 Å². The van der Waals surface area contributed by atoms with Gasteiger partial charge >= 0.3 is 0 Å². The highest BCUT2D eigenvalue weighted by molar-refractivity contribution is 7.71. The van der Waals surface area contributed by atoms with Crippen LogP contribution in [0.15, 0.2) is 4.79 Å². The Balaban J connectivity index is 2.74. The van der Waals surface area contributed by atoms with Gasteiger partial charge in [0, 0.05) is 11.4 Å². The van der Waals surface area contributed by atoms with E-state index in [0.717, 1.165) is 28.6 Å². The SMILES string of the molecule is CCCCn1c(=S)[nH]c2sc(C)c(C)c2c1=O. The van der Waals surface area contributed by atoms with Crippen molar-refractivity contribution in [2.24, 2.45) is 0 Å². The van der Waals surface area contributed by atoms with Crippen molar-refractivity contribution in [3.05, 3.63) is 25.6 Å². The largest absolute Gasteiger partial charge is 0.323 e. The Morgan fingerprint density at radius 3 is 2.76 bits per heavy atom. The molecule has 2 rings (SSSR count). The van der Waals surface area contributed by atoms with Crippen LogP contribution >= 0.6 is 23.6 Å². The van der Waals surface area contributed by atoms with Crippen LogP contribution in [0.2, 0.25) is 0 Å². The molecule has 0 saturated heterocycles. The van der Waals surface area contributed by atoms with E-state index in [9.17, 15) is 4.79 Å². The molecule has 2 aromatic heterocycles. The predicted octanol–water partition coefficient (Wildman–Crippen LogP) is 3.54. The number of hydrogen-bond acceptors (Lipinski definition) is 3. The van der Waals surface area contributed by atoms with Crippen LogP contribution in [0.5, 0.6) is 0 Å². The molecule has 0 aliphatic rings. The fourth-order valence-electron chi connectivity index (χ4n) is 1.88. The molecule has 0 aromatic carbocycles. The molecule has 0 fully saturated rings. The normalized spacial score (nSPS) is 11.2. The zero-order valence-corrected chi connectivity index (χ0v) is 11.9. The number of nitrogens with zero attached hydrogens (tertiary/aromatic N) is 1. The molecule has 0 spiro atoms. The van der Waals surface area contributed by atoms with Crippen molar-refractivity contribution in [1.29, 1.82) is 0 Å². The Morgan fingerprint density at radius 2 is 2.12 bits per heavy atom. The molecule has 1 N–H and O–H groups in total. The summed E-state index contributed by atoms with van der Waals surface area (Å²) in [4.78, 5) is 17.6. The lowest BCUT2D eigenvalue weighted by atomic mass is 10.2. The third kappa shape index (κ3) is 2.09. The van der Waals surface area contributed by atoms with Crippen molar-refractivity contribution in [2.75, 3.05) is 0 Å². The molecule has 0 amide bonds. The molecule has 17 heavy (non-hydrogen) atoms. The number of rotatable bonds is 3. The Bertz CT molecular complexity index is 663. The number of unbranched alkanes of at least 4 members (excludes halogenated alkanes) is 1. The highest BCUT2D eigenvalue weighted by atomic mass is 32.1. The Labute approximate surface area is 109 Å². The van der Waals surface area contributed by atoms with Crippen molar-refractivity contribution >= 4 is 33.8 Å². The first-order valence-corrected chi connectivity index (χ1v) is 7.01. The van der Waals surface area contributed by atoms with Crippen LogP contribution in [0.3, 0.4) is 0 Å². The van der Waals surface area contributed by atoms with Crippen LogP contribution in [0.4, 0.5) is 0 Å². The van der Waals surface area contributed by atoms with Crippen LogP contribution < -0.4 is 5.56 Å². The maximum Gasteiger partial charge on any atom is 0.263 e. The van der Waals surface area contributed by atoms with Gasteiger partial charge in [0.15, 0.2) is 4.77 Å². The number of H-pyrrole nitrogens is 1. The summed E-state index contributed by atoms with van der Waals surface area (Å²) >= 11 is 6.85. The van der Waals surface area contributed by atoms with E-state index in [1.165, 1.54) is 4.88 Å². The van der Waals surface area contributed by atoms with Crippen molar-refractivity contribution in [3.63, 3.8) is 0 Å². The summed E-state index contributed by atoms with van der Waals surface area (Å²) in [7, 11) is 0. The summed E-state index contributed by atoms with van der Waals surface area (Å²) in [5, 5.41) is 0.803. The van der Waals surface area contributed by atoms with Crippen molar-refractivity contribution in [2.45, 2.75) is 40.2 Å². The van der Waals surface area contributed by atoms with Gasteiger partial charge in [-0.05, 0) is 38.0 Å². The third-order valence-electron chi connectivity index (χ3n) is 3.05. The molecule has 2 aromatic rings. The first kappa shape index (κ1) is 12.5. The van der Waals surface area contributed by atoms with Crippen LogP contribution in [0.1, 0.15) is 30.2 Å². The van der Waals surface area contributed by atoms with E-state index in [-0.39, 0.29) is 5.56 Å². The topological polar surface area (TPSA) is 37.8 Å². The van der Waals surface area contributed by atoms with E-state index in [1.54, 1.807) is 15.9 Å². The summed E-state index contributed by atoms with van der Waals surface area (Å²) < 4.78 is 2.22. The molecule has 92 valence electrons. The van der Waals surface area contributed by atoms with Crippen LogP contribution in [-0.2, 0) is 6.54 Å². The van der Waals surface area contributed by atoms with Gasteiger partial charge in [-0.1, -0.05) is 13.3 Å². The number of aromatic amines is 1. The number of thiophene rings is 1. The number of aromatic nitrogens is 2. The second-order valence-corrected chi connectivity index (χ2v) is 5.84. The van der Waals surface area contributed by atoms with Gasteiger partial charge in [0.2, 0.25) is 0 Å². The molecule has 3 nitrogen and oxygen atoms in total. The average Bonchev–Trinajstić information content (AvgIpc) is 2.54. The zero-order chi connectivity index (χ0) is 12.6. The fourth-order valence-corrected chi connectivity index (χ4v) is 3.28. The minimum absolute atomic E-state index is 0.0547. The summed E-state index contributed by atoms with van der Waals surface area (Å²) in [5.41, 5.74) is 1.13. The van der Waals surface area contributed by atoms with E-state index in [1.807, 2.05) is 13.8 Å². The molecule has 0 bridgehead atoms. The van der Waals surface area contributed by atoms with E-state index in [0.29, 0.717) is 11.3 Å². The quantitative estimate of drug-likeness (QED) is 0.865. The minimum Gasteiger partial charge on any atom is -0.323 e. The van der Waals surface area contributed by atoms with Crippen LogP contribution in [0, 0.1) is 18.6 Å². The lowest BCUT2D eigenvalue weighted by molar-refractivity contribution is 0.601. The van der Waals surface area contributed by atoms with Crippen molar-refractivity contribution < 1.29 is 0 Å². The predicted molar refractivity (Wildman–Crippen MR) is 75.7 cm³/mol. The summed E-state index contributed by atoms with van der Waals surface area (Å²) in [5.74, 6) is 0. The smallest absolute Gasteiger partial charge is 0.263 e. The molecule has 2 heterocycles. The molecule has 0 aliphatic carbocycles. The minimum atomic E-state index is 0.0547. The third-order valence-corrected chi connectivity index (χ3v) is 4.49. The Morgan fingerprint density at radius 1 is 1.41 bits per heavy atom. The van der Waals surface area contributed by atoms with Gasteiger partial charge in [0.05, 0.1) is 5.39 Å². The Hall–Kier alpha value is -0.940. The van der Waals surface area contributed by atoms with Crippen LogP contribution in [-0.4, -0.2) is 9.55 Å². The van der Waals surface area contributed by atoms with E-state index in [4.69, 9.17) is 12.2 Å². The van der Waals surface area contributed by atoms with E-state index in [2.05, 4.69) is 11.9 Å². The average molecular weight is 268 g/mol. The first-order valence-electron chi connectivity index (χ1n) is 5.79. The number of nitrogens with one attached hydrogen (secondary N) is 1. The van der Waals surface area contributed by atoms with Gasteiger partial charge in [-0.15, -0.1) is 11.3 Å². The zero-order valence-electron chi connectivity index (χ0n) is 10.3. The van der Waals surface area contributed by atoms with E-state index >= 15 is 0 Å². The second-order valence-electron chi connectivity index (χ2n) is 4.23. The molecule has 0 aliphatic heterocycles. The first-order chi connectivity index (χ1) is 8.06. The van der Waals surface area contributed by atoms with Gasteiger partial charge in [-0.25, -0.2) is 0 Å². The summed E-state index contributed by atoms with van der Waals surface area (Å²) in [6.45, 7) is 6.84.